The Morgan fingerprint density at radius 1 is 1.10 bits per heavy atom. The normalized spacial score (nSPS) is 16.3. The second-order valence-electron chi connectivity index (χ2n) is 7.86. The topological polar surface area (TPSA) is 100 Å². The van der Waals surface area contributed by atoms with Crippen molar-refractivity contribution in [2.45, 2.75) is 32.1 Å². The van der Waals surface area contributed by atoms with Gasteiger partial charge in [0.25, 0.3) is 11.8 Å². The largest absolute Gasteiger partial charge is 0.384 e. The molecule has 0 unspecified atom stereocenters. The maximum Gasteiger partial charge on any atom is 0.253 e. The molecule has 0 radical (unpaired) electrons. The van der Waals surface area contributed by atoms with Crippen molar-refractivity contribution in [3.63, 3.8) is 0 Å². The molecule has 2 heterocycles. The number of nitrogens with one attached hydrogen (secondary N) is 2. The molecule has 0 atom stereocenters. The lowest BCUT2D eigenvalue weighted by Crippen LogP contribution is -2.41. The summed E-state index contributed by atoms with van der Waals surface area (Å²) in [6.45, 7) is 2.51. The summed E-state index contributed by atoms with van der Waals surface area (Å²) in [5, 5.41) is 6.61. The molecule has 7 heteroatoms. The number of carbonyl (C=O) groups excluding carboxylic acids is 2. The molecule has 152 valence electrons. The van der Waals surface area contributed by atoms with Gasteiger partial charge in [0.1, 0.15) is 5.82 Å². The van der Waals surface area contributed by atoms with Crippen molar-refractivity contribution in [2.24, 2.45) is 11.7 Å². The Kier molecular flexibility index (Phi) is 5.64. The molecule has 2 aromatic rings. The van der Waals surface area contributed by atoms with Crippen molar-refractivity contribution in [2.75, 3.05) is 30.3 Å². The molecule has 0 spiro atoms. The second kappa shape index (κ2) is 8.51. The smallest absolute Gasteiger partial charge is 0.253 e. The van der Waals surface area contributed by atoms with Gasteiger partial charge in [-0.15, -0.1) is 0 Å². The summed E-state index contributed by atoms with van der Waals surface area (Å²) in [5.41, 5.74) is 8.12. The Labute approximate surface area is 170 Å². The molecule has 1 saturated heterocycles. The van der Waals surface area contributed by atoms with E-state index in [1.54, 1.807) is 0 Å². The first-order valence-electron chi connectivity index (χ1n) is 10.3. The van der Waals surface area contributed by atoms with Crippen LogP contribution >= 0.6 is 0 Å². The Morgan fingerprint density at radius 3 is 2.45 bits per heavy atom. The number of rotatable bonds is 7. The van der Waals surface area contributed by atoms with Crippen LogP contribution < -0.4 is 16.4 Å². The van der Waals surface area contributed by atoms with Gasteiger partial charge >= 0.3 is 0 Å². The van der Waals surface area contributed by atoms with Crippen molar-refractivity contribution in [3.05, 3.63) is 47.7 Å². The van der Waals surface area contributed by atoms with E-state index in [4.69, 9.17) is 5.73 Å². The standard InChI is InChI=1S/C22H27N5O2/c23-21(28)18-14-25-20(12-19(18)24-13-15-4-1-2-5-15)26-17-8-6-16(7-9-17)22(29)27-10-3-11-27/h6-9,12,14-15H,1-5,10-11,13H2,(H2,23,28)(H2,24,25,26). The fourth-order valence-electron chi connectivity index (χ4n) is 3.88. The Hall–Kier alpha value is -3.09. The van der Waals surface area contributed by atoms with Crippen LogP contribution in [0.5, 0.6) is 0 Å². The molecule has 4 N–H and O–H groups in total. The van der Waals surface area contributed by atoms with E-state index in [1.807, 2.05) is 35.2 Å². The van der Waals surface area contributed by atoms with Crippen LogP contribution in [-0.2, 0) is 0 Å². The average molecular weight is 393 g/mol. The molecule has 7 nitrogen and oxygen atoms in total. The zero-order valence-corrected chi connectivity index (χ0v) is 16.5. The maximum atomic E-state index is 12.3. The highest BCUT2D eigenvalue weighted by molar-refractivity contribution is 5.98. The van der Waals surface area contributed by atoms with Crippen molar-refractivity contribution < 1.29 is 9.59 Å². The summed E-state index contributed by atoms with van der Waals surface area (Å²) in [4.78, 5) is 30.2. The first-order valence-corrected chi connectivity index (χ1v) is 10.3. The number of likely N-dealkylation sites (tertiary alicyclic amines) is 1. The number of nitrogens with two attached hydrogens (primary N) is 1. The second-order valence-corrected chi connectivity index (χ2v) is 7.86. The van der Waals surface area contributed by atoms with Crippen LogP contribution in [0.1, 0.15) is 52.8 Å². The van der Waals surface area contributed by atoms with Gasteiger partial charge in [-0.3, -0.25) is 9.59 Å². The van der Waals surface area contributed by atoms with E-state index in [1.165, 1.54) is 31.9 Å². The quantitative estimate of drug-likeness (QED) is 0.670. The third kappa shape index (κ3) is 4.50. The van der Waals surface area contributed by atoms with Gasteiger partial charge in [-0.1, -0.05) is 12.8 Å². The van der Waals surface area contributed by atoms with Crippen molar-refractivity contribution in [1.82, 2.24) is 9.88 Å². The van der Waals surface area contributed by atoms with E-state index in [9.17, 15) is 9.59 Å². The number of primary amides is 1. The average Bonchev–Trinajstić information content (AvgIpc) is 3.19. The number of pyridine rings is 1. The SMILES string of the molecule is NC(=O)c1cnc(Nc2ccc(C(=O)N3CCC3)cc2)cc1NCC1CCCC1. The Morgan fingerprint density at radius 2 is 1.83 bits per heavy atom. The van der Waals surface area contributed by atoms with E-state index >= 15 is 0 Å². The minimum atomic E-state index is -0.494. The minimum Gasteiger partial charge on any atom is -0.384 e. The van der Waals surface area contributed by atoms with Crippen LogP contribution in [-0.4, -0.2) is 41.3 Å². The van der Waals surface area contributed by atoms with E-state index in [0.717, 1.165) is 31.7 Å². The van der Waals surface area contributed by atoms with Gasteiger partial charge in [0, 0.05) is 43.1 Å². The lowest BCUT2D eigenvalue weighted by Gasteiger charge is -2.30. The molecule has 1 aliphatic carbocycles. The zero-order chi connectivity index (χ0) is 20.2. The Balaban J connectivity index is 1.45. The molecule has 4 rings (SSSR count). The molecule has 1 aliphatic heterocycles. The molecule has 2 fully saturated rings. The first kappa shape index (κ1) is 19.2. The lowest BCUT2D eigenvalue weighted by atomic mass is 10.1. The first-order chi connectivity index (χ1) is 14.1. The summed E-state index contributed by atoms with van der Waals surface area (Å²) in [6, 6.07) is 9.18. The van der Waals surface area contributed by atoms with Crippen molar-refractivity contribution in [1.29, 1.82) is 0 Å². The van der Waals surface area contributed by atoms with Crippen LogP contribution in [0.3, 0.4) is 0 Å². The minimum absolute atomic E-state index is 0.0742. The van der Waals surface area contributed by atoms with Crippen LogP contribution in [0.4, 0.5) is 17.2 Å². The maximum absolute atomic E-state index is 12.3. The zero-order valence-electron chi connectivity index (χ0n) is 16.5. The van der Waals surface area contributed by atoms with Crippen molar-refractivity contribution >= 4 is 29.0 Å². The highest BCUT2D eigenvalue weighted by Gasteiger charge is 2.21. The third-order valence-electron chi connectivity index (χ3n) is 5.77. The summed E-state index contributed by atoms with van der Waals surface area (Å²) in [7, 11) is 0. The monoisotopic (exact) mass is 393 g/mol. The molecule has 29 heavy (non-hydrogen) atoms. The number of amides is 2. The molecule has 2 amide bonds. The number of benzene rings is 1. The highest BCUT2D eigenvalue weighted by Crippen LogP contribution is 2.27. The molecule has 0 bridgehead atoms. The Bertz CT molecular complexity index is 887. The number of hydrogen-bond donors (Lipinski definition) is 3. The van der Waals surface area contributed by atoms with Crippen molar-refractivity contribution in [3.8, 4) is 0 Å². The van der Waals surface area contributed by atoms with Gasteiger partial charge in [0.2, 0.25) is 0 Å². The molecular weight excluding hydrogens is 366 g/mol. The fourth-order valence-corrected chi connectivity index (χ4v) is 3.88. The predicted molar refractivity (Wildman–Crippen MR) is 113 cm³/mol. The van der Waals surface area contributed by atoms with E-state index in [2.05, 4.69) is 15.6 Å². The summed E-state index contributed by atoms with van der Waals surface area (Å²) in [6.07, 6.45) is 7.57. The van der Waals surface area contributed by atoms with Crippen LogP contribution in [0.25, 0.3) is 0 Å². The number of anilines is 3. The van der Waals surface area contributed by atoms with Gasteiger partial charge in [-0.2, -0.15) is 0 Å². The summed E-state index contributed by atoms with van der Waals surface area (Å²) < 4.78 is 0. The van der Waals surface area contributed by atoms with E-state index in [-0.39, 0.29) is 5.91 Å². The fraction of sp³-hybridized carbons (Fsp3) is 0.409. The summed E-state index contributed by atoms with van der Waals surface area (Å²) >= 11 is 0. The lowest BCUT2D eigenvalue weighted by molar-refractivity contribution is 0.0651. The van der Waals surface area contributed by atoms with Gasteiger partial charge in [-0.25, -0.2) is 4.98 Å². The molecular formula is C22H27N5O2. The summed E-state index contributed by atoms with van der Waals surface area (Å²) in [5.74, 6) is 0.833. The van der Waals surface area contributed by atoms with Gasteiger partial charge in [0.15, 0.2) is 0 Å². The molecule has 1 aromatic carbocycles. The number of nitrogens with zero attached hydrogens (tertiary/aromatic N) is 2. The predicted octanol–water partition coefficient (Wildman–Crippen LogP) is 3.37. The number of carbonyl (C=O) groups is 2. The van der Waals surface area contributed by atoms with Crippen LogP contribution in [0, 0.1) is 5.92 Å². The number of hydrogen-bond acceptors (Lipinski definition) is 5. The molecule has 1 aromatic heterocycles. The number of aromatic nitrogens is 1. The van der Waals surface area contributed by atoms with Gasteiger partial charge < -0.3 is 21.3 Å². The van der Waals surface area contributed by atoms with E-state index in [0.29, 0.717) is 28.6 Å². The van der Waals surface area contributed by atoms with Crippen LogP contribution in [0.2, 0.25) is 0 Å². The van der Waals surface area contributed by atoms with Gasteiger partial charge in [-0.05, 0) is 49.4 Å². The molecule has 2 aliphatic rings. The third-order valence-corrected chi connectivity index (χ3v) is 5.77. The van der Waals surface area contributed by atoms with E-state index < -0.39 is 5.91 Å². The van der Waals surface area contributed by atoms with Crippen LogP contribution in [0.15, 0.2) is 36.5 Å². The highest BCUT2D eigenvalue weighted by atomic mass is 16.2. The van der Waals surface area contributed by atoms with Gasteiger partial charge in [0.05, 0.1) is 11.3 Å². The molecule has 1 saturated carbocycles.